The minimum absolute atomic E-state index is 0.662. The van der Waals surface area contributed by atoms with Gasteiger partial charge in [0.1, 0.15) is 5.75 Å². The molecule has 0 heterocycles. The van der Waals surface area contributed by atoms with E-state index in [-0.39, 0.29) is 0 Å². The molecule has 18 heavy (non-hydrogen) atoms. The van der Waals surface area contributed by atoms with E-state index in [9.17, 15) is 0 Å². The normalized spacial score (nSPS) is 10.2. The average molecular weight is 241 g/mol. The summed E-state index contributed by atoms with van der Waals surface area (Å²) < 4.78 is 11.1. The van der Waals surface area contributed by atoms with Gasteiger partial charge in [0.25, 0.3) is 0 Å². The molecular formula is C16H17O2. The first-order valence-electron chi connectivity index (χ1n) is 6.16. The molecule has 93 valence electrons. The van der Waals surface area contributed by atoms with Gasteiger partial charge in [-0.1, -0.05) is 48.5 Å². The van der Waals surface area contributed by atoms with E-state index in [1.807, 2.05) is 42.5 Å². The van der Waals surface area contributed by atoms with Crippen LogP contribution in [0.4, 0.5) is 0 Å². The molecule has 0 aromatic heterocycles. The second kappa shape index (κ2) is 7.51. The molecular weight excluding hydrogens is 224 g/mol. The van der Waals surface area contributed by atoms with E-state index in [4.69, 9.17) is 9.47 Å². The smallest absolute Gasteiger partial charge is 0.127 e. The van der Waals surface area contributed by atoms with Crippen molar-refractivity contribution in [3.8, 4) is 5.75 Å². The summed E-state index contributed by atoms with van der Waals surface area (Å²) in [6, 6.07) is 20.8. The maximum absolute atomic E-state index is 5.57. The van der Waals surface area contributed by atoms with Crippen molar-refractivity contribution in [2.24, 2.45) is 0 Å². The minimum atomic E-state index is 0.662. The standard InChI is InChI=1S/C16H17O2/c1-3-8-15(9-4-1)14-17-12-7-13-18-16-10-5-2-6-11-16/h1-6,8-10H,7,12-14H2. The average Bonchev–Trinajstić information content (AvgIpc) is 2.45. The van der Waals surface area contributed by atoms with Gasteiger partial charge >= 0.3 is 0 Å². The van der Waals surface area contributed by atoms with Crippen molar-refractivity contribution in [2.45, 2.75) is 13.0 Å². The van der Waals surface area contributed by atoms with Crippen molar-refractivity contribution < 1.29 is 9.47 Å². The Morgan fingerprint density at radius 3 is 2.50 bits per heavy atom. The van der Waals surface area contributed by atoms with Gasteiger partial charge in [-0.2, -0.15) is 0 Å². The molecule has 0 aliphatic carbocycles. The lowest BCUT2D eigenvalue weighted by Gasteiger charge is -2.06. The lowest BCUT2D eigenvalue weighted by molar-refractivity contribution is 0.107. The summed E-state index contributed by atoms with van der Waals surface area (Å²) in [6.45, 7) is 2.04. The van der Waals surface area contributed by atoms with Gasteiger partial charge in [0, 0.05) is 12.5 Å². The number of hydrogen-bond acceptors (Lipinski definition) is 2. The highest BCUT2D eigenvalue weighted by Crippen LogP contribution is 2.07. The Morgan fingerprint density at radius 2 is 1.72 bits per heavy atom. The van der Waals surface area contributed by atoms with E-state index < -0.39 is 0 Å². The molecule has 0 fully saturated rings. The summed E-state index contributed by atoms with van der Waals surface area (Å²) in [6.07, 6.45) is 0.884. The second-order valence-corrected chi connectivity index (χ2v) is 3.97. The zero-order valence-corrected chi connectivity index (χ0v) is 10.3. The van der Waals surface area contributed by atoms with Gasteiger partial charge in [0.05, 0.1) is 19.8 Å². The van der Waals surface area contributed by atoms with E-state index >= 15 is 0 Å². The topological polar surface area (TPSA) is 18.5 Å². The molecule has 0 unspecified atom stereocenters. The molecule has 2 aromatic rings. The van der Waals surface area contributed by atoms with Gasteiger partial charge in [-0.15, -0.1) is 0 Å². The monoisotopic (exact) mass is 241 g/mol. The summed E-state index contributed by atoms with van der Waals surface area (Å²) in [4.78, 5) is 0. The van der Waals surface area contributed by atoms with Crippen LogP contribution in [0.1, 0.15) is 12.0 Å². The molecule has 2 rings (SSSR count). The fourth-order valence-electron chi connectivity index (χ4n) is 1.57. The molecule has 0 bridgehead atoms. The fraction of sp³-hybridized carbons (Fsp3) is 0.250. The summed E-state index contributed by atoms with van der Waals surface area (Å²) in [5, 5.41) is 0. The van der Waals surface area contributed by atoms with Crippen LogP contribution in [-0.2, 0) is 11.3 Å². The highest BCUT2D eigenvalue weighted by Gasteiger charge is 1.94. The van der Waals surface area contributed by atoms with Gasteiger partial charge < -0.3 is 9.47 Å². The fourth-order valence-corrected chi connectivity index (χ4v) is 1.57. The Balaban J connectivity index is 1.54. The minimum Gasteiger partial charge on any atom is -0.493 e. The third-order valence-electron chi connectivity index (χ3n) is 2.48. The van der Waals surface area contributed by atoms with Gasteiger partial charge in [-0.05, 0) is 11.6 Å². The van der Waals surface area contributed by atoms with Crippen LogP contribution in [0.25, 0.3) is 0 Å². The Morgan fingerprint density at radius 1 is 0.889 bits per heavy atom. The van der Waals surface area contributed by atoms with Crippen LogP contribution in [0.5, 0.6) is 5.75 Å². The molecule has 1 radical (unpaired) electrons. The summed E-state index contributed by atoms with van der Waals surface area (Å²) >= 11 is 0. The highest BCUT2D eigenvalue weighted by atomic mass is 16.5. The van der Waals surface area contributed by atoms with Crippen molar-refractivity contribution in [3.05, 3.63) is 66.2 Å². The molecule has 0 amide bonds. The number of benzene rings is 2. The van der Waals surface area contributed by atoms with Gasteiger partial charge in [-0.3, -0.25) is 0 Å². The second-order valence-electron chi connectivity index (χ2n) is 3.97. The highest BCUT2D eigenvalue weighted by molar-refractivity contribution is 5.19. The third kappa shape index (κ3) is 4.60. The molecule has 0 saturated heterocycles. The molecule has 0 N–H and O–H groups in total. The molecule has 0 saturated carbocycles. The van der Waals surface area contributed by atoms with Crippen molar-refractivity contribution in [3.63, 3.8) is 0 Å². The molecule has 0 atom stereocenters. The first kappa shape index (κ1) is 12.7. The largest absolute Gasteiger partial charge is 0.493 e. The molecule has 0 aliphatic rings. The van der Waals surface area contributed by atoms with E-state index in [1.165, 1.54) is 5.56 Å². The molecule has 0 spiro atoms. The van der Waals surface area contributed by atoms with Crippen molar-refractivity contribution >= 4 is 0 Å². The van der Waals surface area contributed by atoms with E-state index in [2.05, 4.69) is 18.2 Å². The Kier molecular flexibility index (Phi) is 5.28. The number of ether oxygens (including phenoxy) is 2. The predicted molar refractivity (Wildman–Crippen MR) is 71.5 cm³/mol. The van der Waals surface area contributed by atoms with Crippen LogP contribution in [0, 0.1) is 6.07 Å². The van der Waals surface area contributed by atoms with Crippen LogP contribution < -0.4 is 4.74 Å². The Hall–Kier alpha value is -1.80. The Bertz CT molecular complexity index is 382. The summed E-state index contributed by atoms with van der Waals surface area (Å²) in [7, 11) is 0. The van der Waals surface area contributed by atoms with Crippen molar-refractivity contribution in [1.82, 2.24) is 0 Å². The van der Waals surface area contributed by atoms with Gasteiger partial charge in [0.2, 0.25) is 0 Å². The van der Waals surface area contributed by atoms with Crippen LogP contribution in [0.2, 0.25) is 0 Å². The number of para-hydroxylation sites is 1. The van der Waals surface area contributed by atoms with Gasteiger partial charge in [0.15, 0.2) is 0 Å². The zero-order valence-electron chi connectivity index (χ0n) is 10.3. The maximum atomic E-state index is 5.57. The van der Waals surface area contributed by atoms with Crippen molar-refractivity contribution in [2.75, 3.05) is 13.2 Å². The van der Waals surface area contributed by atoms with Crippen molar-refractivity contribution in [1.29, 1.82) is 0 Å². The molecule has 2 nitrogen and oxygen atoms in total. The zero-order chi connectivity index (χ0) is 12.5. The van der Waals surface area contributed by atoms with E-state index in [1.54, 1.807) is 0 Å². The lowest BCUT2D eigenvalue weighted by atomic mass is 10.2. The number of hydrogen-bond donors (Lipinski definition) is 0. The van der Waals surface area contributed by atoms with E-state index in [0.29, 0.717) is 19.8 Å². The first-order chi connectivity index (χ1) is 8.95. The van der Waals surface area contributed by atoms with Crippen LogP contribution in [-0.4, -0.2) is 13.2 Å². The quantitative estimate of drug-likeness (QED) is 0.691. The van der Waals surface area contributed by atoms with E-state index in [0.717, 1.165) is 12.2 Å². The Labute approximate surface area is 108 Å². The van der Waals surface area contributed by atoms with Gasteiger partial charge in [-0.25, -0.2) is 0 Å². The van der Waals surface area contributed by atoms with Crippen LogP contribution in [0.15, 0.2) is 54.6 Å². The maximum Gasteiger partial charge on any atom is 0.127 e. The summed E-state index contributed by atoms with van der Waals surface area (Å²) in [5.74, 6) is 0.792. The van der Waals surface area contributed by atoms with Crippen LogP contribution >= 0.6 is 0 Å². The van der Waals surface area contributed by atoms with Crippen LogP contribution in [0.3, 0.4) is 0 Å². The first-order valence-corrected chi connectivity index (χ1v) is 6.16. The summed E-state index contributed by atoms with van der Waals surface area (Å²) in [5.41, 5.74) is 1.20. The lowest BCUT2D eigenvalue weighted by Crippen LogP contribution is -2.03. The molecule has 2 heteroatoms. The number of rotatable bonds is 7. The predicted octanol–water partition coefficient (Wildman–Crippen LogP) is 3.47. The third-order valence-corrected chi connectivity index (χ3v) is 2.48. The molecule has 2 aromatic carbocycles. The SMILES string of the molecule is [c]1ccccc1OCCCOCc1ccccc1. The molecule has 0 aliphatic heterocycles.